The highest BCUT2D eigenvalue weighted by molar-refractivity contribution is 5.98. The molecule has 0 unspecified atom stereocenters. The summed E-state index contributed by atoms with van der Waals surface area (Å²) >= 11 is 0. The van der Waals surface area contributed by atoms with Crippen molar-refractivity contribution in [2.45, 2.75) is 13.8 Å². The second-order valence-electron chi connectivity index (χ2n) is 5.28. The van der Waals surface area contributed by atoms with E-state index < -0.39 is 5.97 Å². The van der Waals surface area contributed by atoms with Gasteiger partial charge in [0.2, 0.25) is 0 Å². The van der Waals surface area contributed by atoms with Crippen molar-refractivity contribution in [3.05, 3.63) is 53.3 Å². The van der Waals surface area contributed by atoms with Crippen LogP contribution in [-0.2, 0) is 7.05 Å². The van der Waals surface area contributed by atoms with E-state index in [9.17, 15) is 4.79 Å². The Labute approximate surface area is 122 Å². The molecule has 21 heavy (non-hydrogen) atoms. The number of carboxylic acid groups (broad SMARTS) is 1. The van der Waals surface area contributed by atoms with Gasteiger partial charge in [0.1, 0.15) is 0 Å². The van der Waals surface area contributed by atoms with Crippen molar-refractivity contribution >= 4 is 16.9 Å². The van der Waals surface area contributed by atoms with E-state index >= 15 is 0 Å². The molecule has 0 amide bonds. The molecule has 0 radical (unpaired) electrons. The number of fused-ring (bicyclic) bond motifs is 1. The Kier molecular flexibility index (Phi) is 3.01. The normalized spacial score (nSPS) is 11.0. The number of aryl methyl sites for hydroxylation is 2. The van der Waals surface area contributed by atoms with Crippen LogP contribution in [0.25, 0.3) is 22.2 Å². The van der Waals surface area contributed by atoms with Crippen LogP contribution < -0.4 is 0 Å². The van der Waals surface area contributed by atoms with Crippen LogP contribution >= 0.6 is 0 Å². The number of pyridine rings is 1. The van der Waals surface area contributed by atoms with Crippen LogP contribution in [0.4, 0.5) is 0 Å². The van der Waals surface area contributed by atoms with Gasteiger partial charge in [-0.15, -0.1) is 0 Å². The van der Waals surface area contributed by atoms with E-state index in [1.54, 1.807) is 12.1 Å². The Morgan fingerprint density at radius 1 is 1.19 bits per heavy atom. The van der Waals surface area contributed by atoms with Gasteiger partial charge in [0, 0.05) is 35.4 Å². The fraction of sp³-hybridized carbons (Fsp3) is 0.176. The number of nitrogens with zero attached hydrogens (tertiary/aromatic N) is 2. The van der Waals surface area contributed by atoms with Crippen molar-refractivity contribution in [2.75, 3.05) is 0 Å². The monoisotopic (exact) mass is 280 g/mol. The highest BCUT2D eigenvalue weighted by Crippen LogP contribution is 2.33. The summed E-state index contributed by atoms with van der Waals surface area (Å²) in [4.78, 5) is 15.3. The first-order valence-corrected chi connectivity index (χ1v) is 6.74. The number of carbonyl (C=O) groups is 1. The first-order chi connectivity index (χ1) is 9.99. The van der Waals surface area contributed by atoms with Crippen molar-refractivity contribution in [2.24, 2.45) is 7.05 Å². The highest BCUT2D eigenvalue weighted by atomic mass is 16.4. The maximum Gasteiger partial charge on any atom is 0.337 e. The van der Waals surface area contributed by atoms with Crippen molar-refractivity contribution in [1.29, 1.82) is 0 Å². The fourth-order valence-electron chi connectivity index (χ4n) is 2.68. The molecule has 1 aromatic carbocycles. The molecule has 2 heterocycles. The minimum absolute atomic E-state index is 0.202. The van der Waals surface area contributed by atoms with Gasteiger partial charge in [0.15, 0.2) is 0 Å². The molecule has 3 aromatic rings. The minimum Gasteiger partial charge on any atom is -0.478 e. The van der Waals surface area contributed by atoms with Gasteiger partial charge in [0.05, 0.1) is 11.3 Å². The number of hydrogen-bond donors (Lipinski definition) is 1. The van der Waals surface area contributed by atoms with Gasteiger partial charge >= 0.3 is 5.97 Å². The summed E-state index contributed by atoms with van der Waals surface area (Å²) in [5.41, 5.74) is 5.52. The van der Waals surface area contributed by atoms with Crippen LogP contribution in [0.1, 0.15) is 21.6 Å². The van der Waals surface area contributed by atoms with Gasteiger partial charge in [0.25, 0.3) is 0 Å². The topological polar surface area (TPSA) is 55.1 Å². The van der Waals surface area contributed by atoms with Crippen LogP contribution in [0.5, 0.6) is 0 Å². The molecule has 4 nitrogen and oxygen atoms in total. The van der Waals surface area contributed by atoms with Gasteiger partial charge in [-0.1, -0.05) is 11.6 Å². The lowest BCUT2D eigenvalue weighted by Gasteiger charge is -2.03. The van der Waals surface area contributed by atoms with Crippen LogP contribution in [0.3, 0.4) is 0 Å². The fourth-order valence-corrected chi connectivity index (χ4v) is 2.68. The predicted octanol–water partition coefficient (Wildman–Crippen LogP) is 3.56. The lowest BCUT2D eigenvalue weighted by atomic mass is 10.0. The molecule has 0 bridgehead atoms. The molecular weight excluding hydrogens is 264 g/mol. The van der Waals surface area contributed by atoms with E-state index in [1.807, 2.05) is 7.05 Å². The third-order valence-electron chi connectivity index (χ3n) is 3.91. The van der Waals surface area contributed by atoms with Crippen LogP contribution in [0, 0.1) is 13.8 Å². The zero-order valence-electron chi connectivity index (χ0n) is 12.2. The molecule has 106 valence electrons. The lowest BCUT2D eigenvalue weighted by Crippen LogP contribution is -1.97. The number of aromatic carboxylic acids is 1. The number of aromatic nitrogens is 2. The summed E-state index contributed by atoms with van der Waals surface area (Å²) in [7, 11) is 2.03. The molecule has 1 N–H and O–H groups in total. The van der Waals surface area contributed by atoms with Gasteiger partial charge in [-0.2, -0.15) is 0 Å². The van der Waals surface area contributed by atoms with Gasteiger partial charge < -0.3 is 9.67 Å². The van der Waals surface area contributed by atoms with Crippen LogP contribution in [0.15, 0.2) is 36.5 Å². The van der Waals surface area contributed by atoms with Crippen molar-refractivity contribution < 1.29 is 9.90 Å². The van der Waals surface area contributed by atoms with Crippen molar-refractivity contribution in [1.82, 2.24) is 9.55 Å². The first kappa shape index (κ1) is 13.4. The molecule has 0 fully saturated rings. The molecule has 0 saturated carbocycles. The number of rotatable bonds is 2. The quantitative estimate of drug-likeness (QED) is 0.781. The number of benzene rings is 1. The summed E-state index contributed by atoms with van der Waals surface area (Å²) in [6, 6.07) is 9.70. The first-order valence-electron chi connectivity index (χ1n) is 6.74. The standard InChI is InChI=1S/C17H16N2O2/c1-10-4-7-15-13(8-10)16(11(2)19(15)3)14-6-5-12(9-18-14)17(20)21/h4-9H,1-3H3,(H,20,21). The summed E-state index contributed by atoms with van der Waals surface area (Å²) in [5, 5.41) is 10.1. The Balaban J connectivity index is 2.26. The maximum absolute atomic E-state index is 10.9. The summed E-state index contributed by atoms with van der Waals surface area (Å²) in [6.45, 7) is 4.12. The summed E-state index contributed by atoms with van der Waals surface area (Å²) in [5.74, 6) is -0.959. The zero-order chi connectivity index (χ0) is 15.1. The van der Waals surface area contributed by atoms with E-state index in [0.29, 0.717) is 0 Å². The van der Waals surface area contributed by atoms with Crippen molar-refractivity contribution in [3.63, 3.8) is 0 Å². The molecule has 2 aromatic heterocycles. The van der Waals surface area contributed by atoms with Crippen LogP contribution in [-0.4, -0.2) is 20.6 Å². The van der Waals surface area contributed by atoms with E-state index in [1.165, 1.54) is 11.8 Å². The van der Waals surface area contributed by atoms with E-state index in [0.717, 1.165) is 27.9 Å². The Morgan fingerprint density at radius 2 is 1.95 bits per heavy atom. The smallest absolute Gasteiger partial charge is 0.337 e. The second-order valence-corrected chi connectivity index (χ2v) is 5.28. The molecule has 0 spiro atoms. The predicted molar refractivity (Wildman–Crippen MR) is 82.6 cm³/mol. The highest BCUT2D eigenvalue weighted by Gasteiger charge is 2.15. The van der Waals surface area contributed by atoms with Gasteiger partial charge in [-0.25, -0.2) is 4.79 Å². The summed E-state index contributed by atoms with van der Waals surface area (Å²) < 4.78 is 2.14. The van der Waals surface area contributed by atoms with E-state index in [2.05, 4.69) is 41.6 Å². The molecule has 3 rings (SSSR count). The number of hydrogen-bond acceptors (Lipinski definition) is 2. The van der Waals surface area contributed by atoms with Crippen LogP contribution in [0.2, 0.25) is 0 Å². The summed E-state index contributed by atoms with van der Waals surface area (Å²) in [6.07, 6.45) is 1.41. The van der Waals surface area contributed by atoms with Crippen molar-refractivity contribution in [3.8, 4) is 11.3 Å². The molecular formula is C17H16N2O2. The molecule has 0 saturated heterocycles. The van der Waals surface area contributed by atoms with E-state index in [4.69, 9.17) is 5.11 Å². The van der Waals surface area contributed by atoms with E-state index in [-0.39, 0.29) is 5.56 Å². The second kappa shape index (κ2) is 4.74. The lowest BCUT2D eigenvalue weighted by molar-refractivity contribution is 0.0696. The Bertz CT molecular complexity index is 845. The van der Waals surface area contributed by atoms with Gasteiger partial charge in [-0.05, 0) is 38.1 Å². The maximum atomic E-state index is 10.9. The number of carboxylic acids is 1. The minimum atomic E-state index is -0.959. The average Bonchev–Trinajstić information content (AvgIpc) is 2.70. The largest absolute Gasteiger partial charge is 0.478 e. The van der Waals surface area contributed by atoms with Gasteiger partial charge in [-0.3, -0.25) is 4.98 Å². The Hall–Kier alpha value is -2.62. The molecule has 0 aliphatic heterocycles. The molecule has 0 atom stereocenters. The third kappa shape index (κ3) is 2.09. The zero-order valence-corrected chi connectivity index (χ0v) is 12.2. The third-order valence-corrected chi connectivity index (χ3v) is 3.91. The SMILES string of the molecule is Cc1ccc2c(c1)c(-c1ccc(C(=O)O)cn1)c(C)n2C. The molecule has 4 heteroatoms. The molecule has 0 aliphatic carbocycles. The Morgan fingerprint density at radius 3 is 2.57 bits per heavy atom. The average molecular weight is 280 g/mol. The molecule has 0 aliphatic rings.